The zero-order chi connectivity index (χ0) is 20.0. The second-order valence-electron chi connectivity index (χ2n) is 6.52. The van der Waals surface area contributed by atoms with Gasteiger partial charge in [-0.25, -0.2) is 4.98 Å². The zero-order valence-electron chi connectivity index (χ0n) is 14.9. The molecular formula is C20H14ClN5O2S. The Bertz CT molecular complexity index is 1290. The third-order valence-corrected chi connectivity index (χ3v) is 5.83. The van der Waals surface area contributed by atoms with Gasteiger partial charge in [0.2, 0.25) is 0 Å². The number of nitrogens with zero attached hydrogens (tertiary/aromatic N) is 1. The minimum absolute atomic E-state index is 0.172. The Morgan fingerprint density at radius 3 is 3.00 bits per heavy atom. The number of carbonyl (C=O) groups excluding carboxylic acids is 2. The number of amides is 2. The van der Waals surface area contributed by atoms with Crippen molar-refractivity contribution in [1.29, 1.82) is 0 Å². The molecule has 9 heteroatoms. The summed E-state index contributed by atoms with van der Waals surface area (Å²) in [7, 11) is 0. The molecule has 0 atom stereocenters. The average Bonchev–Trinajstić information content (AvgIpc) is 3.46. The molecule has 1 aliphatic rings. The van der Waals surface area contributed by atoms with Gasteiger partial charge in [-0.15, -0.1) is 11.3 Å². The summed E-state index contributed by atoms with van der Waals surface area (Å²) in [5, 5.41) is 6.97. The molecule has 0 saturated heterocycles. The van der Waals surface area contributed by atoms with Crippen molar-refractivity contribution in [3.8, 4) is 0 Å². The molecule has 4 aromatic rings. The molecule has 144 valence electrons. The van der Waals surface area contributed by atoms with Crippen molar-refractivity contribution in [2.24, 2.45) is 0 Å². The predicted octanol–water partition coefficient (Wildman–Crippen LogP) is 4.03. The van der Waals surface area contributed by atoms with Gasteiger partial charge in [0.15, 0.2) is 0 Å². The first kappa shape index (κ1) is 17.7. The lowest BCUT2D eigenvalue weighted by Gasteiger charge is -2.01. The molecule has 1 aromatic carbocycles. The van der Waals surface area contributed by atoms with E-state index >= 15 is 0 Å². The van der Waals surface area contributed by atoms with Crippen molar-refractivity contribution in [1.82, 2.24) is 20.3 Å². The van der Waals surface area contributed by atoms with Crippen LogP contribution in [-0.2, 0) is 11.3 Å². The van der Waals surface area contributed by atoms with Crippen LogP contribution in [0, 0.1) is 0 Å². The first-order valence-electron chi connectivity index (χ1n) is 8.80. The Labute approximate surface area is 173 Å². The highest BCUT2D eigenvalue weighted by Crippen LogP contribution is 2.39. The molecule has 29 heavy (non-hydrogen) atoms. The number of hydrogen-bond acceptors (Lipinski definition) is 4. The van der Waals surface area contributed by atoms with Crippen LogP contribution in [0.4, 0.5) is 5.00 Å². The second-order valence-corrected chi connectivity index (χ2v) is 8.01. The summed E-state index contributed by atoms with van der Waals surface area (Å²) in [5.74, 6) is 0.241. The first-order chi connectivity index (χ1) is 14.1. The molecule has 5 rings (SSSR count). The number of H-pyrrole nitrogens is 2. The minimum Gasteiger partial charge on any atom is -0.362 e. The molecule has 4 heterocycles. The summed E-state index contributed by atoms with van der Waals surface area (Å²) >= 11 is 7.24. The number of nitrogens with one attached hydrogen (secondary N) is 4. The molecule has 1 aliphatic heterocycles. The maximum Gasteiger partial charge on any atom is 0.261 e. The molecule has 0 radical (unpaired) electrons. The van der Waals surface area contributed by atoms with Crippen LogP contribution >= 0.6 is 22.9 Å². The quantitative estimate of drug-likeness (QED) is 0.372. The third-order valence-electron chi connectivity index (χ3n) is 4.55. The molecule has 0 aliphatic carbocycles. The van der Waals surface area contributed by atoms with Gasteiger partial charge in [-0.2, -0.15) is 0 Å². The highest BCUT2D eigenvalue weighted by atomic mass is 35.5. The summed E-state index contributed by atoms with van der Waals surface area (Å²) in [6.07, 6.45) is 3.56. The van der Waals surface area contributed by atoms with Crippen molar-refractivity contribution in [3.05, 3.63) is 69.6 Å². The Morgan fingerprint density at radius 2 is 2.17 bits per heavy atom. The summed E-state index contributed by atoms with van der Waals surface area (Å²) in [5.41, 5.74) is 3.70. The fourth-order valence-corrected chi connectivity index (χ4v) is 4.35. The van der Waals surface area contributed by atoms with Crippen molar-refractivity contribution in [2.75, 3.05) is 5.32 Å². The van der Waals surface area contributed by atoms with Gasteiger partial charge in [0, 0.05) is 22.5 Å². The summed E-state index contributed by atoms with van der Waals surface area (Å²) < 4.78 is 0. The van der Waals surface area contributed by atoms with Crippen LogP contribution in [0.5, 0.6) is 0 Å². The van der Waals surface area contributed by atoms with Gasteiger partial charge in [-0.3, -0.25) is 9.59 Å². The van der Waals surface area contributed by atoms with Crippen molar-refractivity contribution >= 4 is 62.4 Å². The summed E-state index contributed by atoms with van der Waals surface area (Å²) in [6.45, 7) is 0.255. The lowest BCUT2D eigenvalue weighted by atomic mass is 10.1. The fraction of sp³-hybridized carbons (Fsp3) is 0.0500. The van der Waals surface area contributed by atoms with Crippen LogP contribution in [0.3, 0.4) is 0 Å². The molecule has 0 saturated carbocycles. The molecular weight excluding hydrogens is 410 g/mol. The van der Waals surface area contributed by atoms with E-state index in [9.17, 15) is 9.59 Å². The van der Waals surface area contributed by atoms with Gasteiger partial charge in [-0.1, -0.05) is 11.6 Å². The maximum atomic E-state index is 12.6. The number of benzene rings is 1. The molecule has 0 unspecified atom stereocenters. The number of fused-ring (bicyclic) bond motifs is 2. The van der Waals surface area contributed by atoms with Crippen LogP contribution < -0.4 is 10.6 Å². The van der Waals surface area contributed by atoms with Crippen LogP contribution in [0.15, 0.2) is 42.6 Å². The number of aromatic amines is 2. The monoisotopic (exact) mass is 423 g/mol. The Hall–Kier alpha value is -3.36. The van der Waals surface area contributed by atoms with E-state index in [1.54, 1.807) is 30.5 Å². The number of halogens is 1. The Balaban J connectivity index is 1.33. The second kappa shape index (κ2) is 6.91. The largest absolute Gasteiger partial charge is 0.362 e. The van der Waals surface area contributed by atoms with E-state index in [0.29, 0.717) is 26.3 Å². The minimum atomic E-state index is -0.226. The normalized spacial score (nSPS) is 14.4. The average molecular weight is 424 g/mol. The fourth-order valence-electron chi connectivity index (χ4n) is 3.19. The van der Waals surface area contributed by atoms with Crippen molar-refractivity contribution in [3.63, 3.8) is 0 Å². The number of thiophene rings is 1. The van der Waals surface area contributed by atoms with Crippen LogP contribution in [-0.4, -0.2) is 26.8 Å². The van der Waals surface area contributed by atoms with Gasteiger partial charge in [0.05, 0.1) is 28.0 Å². The molecule has 0 fully saturated rings. The molecule has 4 N–H and O–H groups in total. The number of anilines is 1. The number of imidazole rings is 1. The standard InChI is InChI=1S/C20H14ClN5O2S/c21-10-3-4-14-15(6-10)25-17(24-14)9-23-19(28)16-8-13-12(7-11-2-1-5-22-11)18(27)26-20(13)29-16/h1-8,22H,9H2,(H,23,28)(H,24,25)(H,26,27). The lowest BCUT2D eigenvalue weighted by molar-refractivity contribution is -0.110. The zero-order valence-corrected chi connectivity index (χ0v) is 16.4. The van der Waals surface area contributed by atoms with Gasteiger partial charge < -0.3 is 20.6 Å². The first-order valence-corrected chi connectivity index (χ1v) is 9.99. The molecule has 0 spiro atoms. The highest BCUT2D eigenvalue weighted by molar-refractivity contribution is 7.18. The van der Waals surface area contributed by atoms with Gasteiger partial charge in [-0.05, 0) is 42.5 Å². The van der Waals surface area contributed by atoms with E-state index in [4.69, 9.17) is 11.6 Å². The van der Waals surface area contributed by atoms with Gasteiger partial charge in [0.1, 0.15) is 10.8 Å². The number of carbonyl (C=O) groups is 2. The van der Waals surface area contributed by atoms with Gasteiger partial charge in [0.25, 0.3) is 11.8 Å². The smallest absolute Gasteiger partial charge is 0.261 e. The topological polar surface area (TPSA) is 103 Å². The van der Waals surface area contributed by atoms with E-state index in [0.717, 1.165) is 22.3 Å². The molecule has 2 amide bonds. The van der Waals surface area contributed by atoms with E-state index in [2.05, 4.69) is 25.6 Å². The Morgan fingerprint density at radius 1 is 1.28 bits per heavy atom. The van der Waals surface area contributed by atoms with E-state index in [-0.39, 0.29) is 18.4 Å². The predicted molar refractivity (Wildman–Crippen MR) is 114 cm³/mol. The van der Waals surface area contributed by atoms with Crippen molar-refractivity contribution < 1.29 is 9.59 Å². The maximum absolute atomic E-state index is 12.6. The van der Waals surface area contributed by atoms with E-state index < -0.39 is 0 Å². The van der Waals surface area contributed by atoms with Crippen LogP contribution in [0.2, 0.25) is 5.02 Å². The molecule has 7 nitrogen and oxygen atoms in total. The van der Waals surface area contributed by atoms with Crippen molar-refractivity contribution in [2.45, 2.75) is 6.54 Å². The molecule has 3 aromatic heterocycles. The van der Waals surface area contributed by atoms with E-state index in [1.807, 2.05) is 18.2 Å². The van der Waals surface area contributed by atoms with Gasteiger partial charge >= 0.3 is 0 Å². The number of aromatic nitrogens is 3. The SMILES string of the molecule is O=C1Nc2sc(C(=O)NCc3nc4ccc(Cl)cc4[nH]3)cc2C1=Cc1ccc[nH]1. The number of rotatable bonds is 4. The lowest BCUT2D eigenvalue weighted by Crippen LogP contribution is -2.22. The summed E-state index contributed by atoms with van der Waals surface area (Å²) in [4.78, 5) is 36.0. The molecule has 0 bridgehead atoms. The van der Waals surface area contributed by atoms with E-state index in [1.165, 1.54) is 11.3 Å². The van der Waals surface area contributed by atoms with Crippen LogP contribution in [0.25, 0.3) is 22.7 Å². The highest BCUT2D eigenvalue weighted by Gasteiger charge is 2.28. The Kier molecular flexibility index (Phi) is 4.22. The number of hydrogen-bond donors (Lipinski definition) is 4. The summed E-state index contributed by atoms with van der Waals surface area (Å²) in [6, 6.07) is 10.9. The third kappa shape index (κ3) is 3.32. The van der Waals surface area contributed by atoms with Crippen LogP contribution in [0.1, 0.15) is 26.8 Å².